The topological polar surface area (TPSA) is 38.7 Å². The van der Waals surface area contributed by atoms with Crippen molar-refractivity contribution >= 4 is 43.3 Å². The van der Waals surface area contributed by atoms with Crippen LogP contribution in [0.3, 0.4) is 0 Å². The van der Waals surface area contributed by atoms with Crippen LogP contribution in [-0.4, -0.2) is 20.2 Å². The summed E-state index contributed by atoms with van der Waals surface area (Å²) in [6.07, 6.45) is 9.03. The van der Waals surface area contributed by atoms with Gasteiger partial charge in [0.1, 0.15) is 0 Å². The van der Waals surface area contributed by atoms with Gasteiger partial charge in [0, 0.05) is 52.9 Å². The van der Waals surface area contributed by atoms with Crippen LogP contribution in [0.4, 0.5) is 0 Å². The molecular formula is C45H29N3S2. The molecule has 10 rings (SSSR count). The monoisotopic (exact) mass is 675 g/mol. The van der Waals surface area contributed by atoms with E-state index in [2.05, 4.69) is 158 Å². The van der Waals surface area contributed by atoms with Gasteiger partial charge in [-0.25, -0.2) is 15.0 Å². The van der Waals surface area contributed by atoms with Crippen molar-refractivity contribution in [1.82, 2.24) is 15.0 Å². The molecule has 2 aromatic heterocycles. The fourth-order valence-electron chi connectivity index (χ4n) is 7.36. The lowest BCUT2D eigenvalue weighted by Crippen LogP contribution is -2.07. The predicted molar refractivity (Wildman–Crippen MR) is 211 cm³/mol. The summed E-state index contributed by atoms with van der Waals surface area (Å²) in [6.45, 7) is 0. The highest BCUT2D eigenvalue weighted by Gasteiger charge is 2.33. The predicted octanol–water partition coefficient (Wildman–Crippen LogP) is 12.3. The second-order valence-corrected chi connectivity index (χ2v) is 14.9. The van der Waals surface area contributed by atoms with Crippen LogP contribution in [0.1, 0.15) is 11.5 Å². The Bertz CT molecular complexity index is 2640. The van der Waals surface area contributed by atoms with E-state index in [1.165, 1.54) is 41.8 Å². The van der Waals surface area contributed by atoms with Gasteiger partial charge in [0.15, 0.2) is 17.5 Å². The van der Waals surface area contributed by atoms with E-state index < -0.39 is 0 Å². The zero-order chi connectivity index (χ0) is 33.0. The maximum absolute atomic E-state index is 5.22. The number of thiophene rings is 1. The van der Waals surface area contributed by atoms with Crippen molar-refractivity contribution in [1.29, 1.82) is 0 Å². The van der Waals surface area contributed by atoms with Gasteiger partial charge in [-0.1, -0.05) is 146 Å². The van der Waals surface area contributed by atoms with E-state index in [0.717, 1.165) is 27.8 Å². The molecule has 1 aliphatic carbocycles. The summed E-state index contributed by atoms with van der Waals surface area (Å²) in [7, 11) is 0. The lowest BCUT2D eigenvalue weighted by molar-refractivity contribution is 0.883. The van der Waals surface area contributed by atoms with Crippen LogP contribution in [0.15, 0.2) is 169 Å². The number of fused-ring (bicyclic) bond motifs is 6. The second kappa shape index (κ2) is 12.1. The van der Waals surface area contributed by atoms with Gasteiger partial charge in [-0.15, -0.1) is 23.1 Å². The summed E-state index contributed by atoms with van der Waals surface area (Å²) >= 11 is 3.76. The van der Waals surface area contributed by atoms with E-state index in [-0.39, 0.29) is 0 Å². The molecule has 0 saturated heterocycles. The minimum atomic E-state index is 0.394. The Labute approximate surface area is 298 Å². The molecule has 0 N–H and O–H groups in total. The molecule has 0 saturated carbocycles. The molecule has 50 heavy (non-hydrogen) atoms. The number of nitrogens with zero attached hydrogens (tertiary/aromatic N) is 3. The molecule has 0 spiro atoms. The number of thioether (sulfide) groups is 1. The smallest absolute Gasteiger partial charge is 0.165 e. The fourth-order valence-corrected chi connectivity index (χ4v) is 9.94. The summed E-state index contributed by atoms with van der Waals surface area (Å²) in [5.41, 5.74) is 9.09. The van der Waals surface area contributed by atoms with Crippen LogP contribution in [0.5, 0.6) is 0 Å². The van der Waals surface area contributed by atoms with Gasteiger partial charge in [-0.05, 0) is 46.0 Å². The van der Waals surface area contributed by atoms with Crippen molar-refractivity contribution in [3.05, 3.63) is 169 Å². The van der Waals surface area contributed by atoms with Crippen LogP contribution in [-0.2, 0) is 0 Å². The maximum Gasteiger partial charge on any atom is 0.165 e. The van der Waals surface area contributed by atoms with Crippen LogP contribution in [0, 0.1) is 0 Å². The van der Waals surface area contributed by atoms with Crippen molar-refractivity contribution in [2.24, 2.45) is 0 Å². The Balaban J connectivity index is 1.13. The van der Waals surface area contributed by atoms with Gasteiger partial charge >= 0.3 is 0 Å². The van der Waals surface area contributed by atoms with Crippen LogP contribution < -0.4 is 0 Å². The van der Waals surface area contributed by atoms with Crippen molar-refractivity contribution in [3.8, 4) is 56.4 Å². The number of rotatable bonds is 5. The number of allylic oxidation sites excluding steroid dienone is 3. The molecule has 2 unspecified atom stereocenters. The lowest BCUT2D eigenvalue weighted by Gasteiger charge is -2.18. The summed E-state index contributed by atoms with van der Waals surface area (Å²) in [6, 6.07) is 49.4. The average molecular weight is 676 g/mol. The van der Waals surface area contributed by atoms with Gasteiger partial charge in [0.25, 0.3) is 0 Å². The maximum atomic E-state index is 5.22. The SMILES string of the molecule is C1=CC2Sc3cccc(-c4ccc(-c5nc(-c6ccccc6-c6ccccc6)nc(-c6cccc7c6sc6ccccc67)n5)cc4)c3C2C=C1. The highest BCUT2D eigenvalue weighted by atomic mass is 32.2. The molecule has 1 aliphatic heterocycles. The first-order valence-corrected chi connectivity index (χ1v) is 18.5. The van der Waals surface area contributed by atoms with Crippen molar-refractivity contribution in [2.45, 2.75) is 16.1 Å². The molecule has 6 aromatic carbocycles. The van der Waals surface area contributed by atoms with E-state index >= 15 is 0 Å². The van der Waals surface area contributed by atoms with Crippen molar-refractivity contribution in [2.75, 3.05) is 0 Å². The summed E-state index contributed by atoms with van der Waals surface area (Å²) in [4.78, 5) is 17.0. The van der Waals surface area contributed by atoms with Crippen LogP contribution in [0.2, 0.25) is 0 Å². The Kier molecular flexibility index (Phi) is 7.07. The third-order valence-electron chi connectivity index (χ3n) is 9.73. The first-order chi connectivity index (χ1) is 24.8. The average Bonchev–Trinajstić information content (AvgIpc) is 3.77. The van der Waals surface area contributed by atoms with Crippen LogP contribution >= 0.6 is 23.1 Å². The Morgan fingerprint density at radius 2 is 1.06 bits per heavy atom. The lowest BCUT2D eigenvalue weighted by atomic mass is 9.86. The quantitative estimate of drug-likeness (QED) is 0.182. The first kappa shape index (κ1) is 29.3. The normalized spacial score (nSPS) is 16.2. The Morgan fingerprint density at radius 3 is 1.94 bits per heavy atom. The van der Waals surface area contributed by atoms with Gasteiger partial charge in [0.2, 0.25) is 0 Å². The van der Waals surface area contributed by atoms with E-state index in [1.807, 2.05) is 17.8 Å². The van der Waals surface area contributed by atoms with Gasteiger partial charge in [-0.3, -0.25) is 0 Å². The summed E-state index contributed by atoms with van der Waals surface area (Å²) in [5.74, 6) is 2.39. The van der Waals surface area contributed by atoms with Crippen LogP contribution in [0.25, 0.3) is 76.6 Å². The standard InChI is InChI=1S/C45H29N3S2/c1-2-12-28(13-3-1)31-14-4-5-16-35(31)44-46-43(47-45(48-44)37-20-10-19-34-33-15-6-8-21-38(33)50-42(34)37)30-26-24-29(25-27-30)32-18-11-23-40-41(32)36-17-7-9-22-39(36)49-40/h1-27,36,39H. The zero-order valence-electron chi connectivity index (χ0n) is 26.9. The number of hydrogen-bond acceptors (Lipinski definition) is 5. The van der Waals surface area contributed by atoms with E-state index in [0.29, 0.717) is 28.6 Å². The highest BCUT2D eigenvalue weighted by Crippen LogP contribution is 2.51. The van der Waals surface area contributed by atoms with Crippen molar-refractivity contribution in [3.63, 3.8) is 0 Å². The largest absolute Gasteiger partial charge is 0.208 e. The van der Waals surface area contributed by atoms with Gasteiger partial charge in [0.05, 0.1) is 0 Å². The molecule has 3 heterocycles. The molecular weight excluding hydrogens is 647 g/mol. The Morgan fingerprint density at radius 1 is 0.440 bits per heavy atom. The molecule has 5 heteroatoms. The fraction of sp³-hybridized carbons (Fsp3) is 0.0444. The van der Waals surface area contributed by atoms with Crippen molar-refractivity contribution < 1.29 is 0 Å². The number of hydrogen-bond donors (Lipinski definition) is 0. The number of benzene rings is 6. The minimum absolute atomic E-state index is 0.394. The third kappa shape index (κ3) is 4.93. The molecule has 8 aromatic rings. The summed E-state index contributed by atoms with van der Waals surface area (Å²) in [5, 5.41) is 2.94. The zero-order valence-corrected chi connectivity index (χ0v) is 28.5. The van der Waals surface area contributed by atoms with E-state index in [4.69, 9.17) is 15.0 Å². The van der Waals surface area contributed by atoms with Gasteiger partial charge in [-0.2, -0.15) is 0 Å². The molecule has 2 atom stereocenters. The Hall–Kier alpha value is -5.62. The summed E-state index contributed by atoms with van der Waals surface area (Å²) < 4.78 is 2.44. The molecule has 0 fully saturated rings. The first-order valence-electron chi connectivity index (χ1n) is 16.9. The molecule has 2 aliphatic rings. The highest BCUT2D eigenvalue weighted by molar-refractivity contribution is 8.00. The minimum Gasteiger partial charge on any atom is -0.208 e. The third-order valence-corrected chi connectivity index (χ3v) is 12.3. The van der Waals surface area contributed by atoms with E-state index in [9.17, 15) is 0 Å². The molecule has 236 valence electrons. The molecule has 3 nitrogen and oxygen atoms in total. The molecule has 0 bridgehead atoms. The molecule has 0 radical (unpaired) electrons. The second-order valence-electron chi connectivity index (χ2n) is 12.7. The van der Waals surface area contributed by atoms with E-state index in [1.54, 1.807) is 11.3 Å². The van der Waals surface area contributed by atoms with Gasteiger partial charge < -0.3 is 0 Å². The molecule has 0 amide bonds. The number of aromatic nitrogens is 3.